The van der Waals surface area contributed by atoms with Gasteiger partial charge >= 0.3 is 0 Å². The Morgan fingerprint density at radius 3 is 2.88 bits per heavy atom. The van der Waals surface area contributed by atoms with Crippen LogP contribution in [0.4, 0.5) is 0 Å². The van der Waals surface area contributed by atoms with Crippen LogP contribution in [0.2, 0.25) is 0 Å². The molecule has 3 nitrogen and oxygen atoms in total. The molecular weight excluding hydrogens is 212 g/mol. The van der Waals surface area contributed by atoms with E-state index in [1.165, 1.54) is 0 Å². The van der Waals surface area contributed by atoms with Gasteiger partial charge in [0.2, 0.25) is 0 Å². The standard InChI is InChI=1S/C14H16N2O/c1-3-4-14-15-7-8-16(14)13-6-5-12(10-17)9-11(13)2/h5-10H,3-4H2,1-2H3. The van der Waals surface area contributed by atoms with Crippen molar-refractivity contribution in [2.24, 2.45) is 0 Å². The molecule has 0 bridgehead atoms. The van der Waals surface area contributed by atoms with Gasteiger partial charge in [0.05, 0.1) is 0 Å². The van der Waals surface area contributed by atoms with Gasteiger partial charge in [0.15, 0.2) is 0 Å². The third-order valence-electron chi connectivity index (χ3n) is 2.81. The van der Waals surface area contributed by atoms with E-state index in [4.69, 9.17) is 0 Å². The van der Waals surface area contributed by atoms with Crippen LogP contribution in [0.1, 0.15) is 35.1 Å². The molecule has 17 heavy (non-hydrogen) atoms. The van der Waals surface area contributed by atoms with E-state index in [0.717, 1.165) is 36.2 Å². The number of nitrogens with zero attached hydrogens (tertiary/aromatic N) is 2. The first-order valence-electron chi connectivity index (χ1n) is 5.84. The van der Waals surface area contributed by atoms with Crippen LogP contribution in [0.3, 0.4) is 0 Å². The molecule has 0 unspecified atom stereocenters. The predicted molar refractivity (Wildman–Crippen MR) is 67.7 cm³/mol. The third-order valence-corrected chi connectivity index (χ3v) is 2.81. The number of benzene rings is 1. The van der Waals surface area contributed by atoms with Crippen LogP contribution >= 0.6 is 0 Å². The van der Waals surface area contributed by atoms with Crippen LogP contribution in [0.25, 0.3) is 5.69 Å². The van der Waals surface area contributed by atoms with Gasteiger partial charge in [-0.25, -0.2) is 4.98 Å². The van der Waals surface area contributed by atoms with E-state index in [0.29, 0.717) is 5.56 Å². The van der Waals surface area contributed by atoms with Crippen LogP contribution in [-0.4, -0.2) is 15.8 Å². The van der Waals surface area contributed by atoms with E-state index in [2.05, 4.69) is 16.5 Å². The van der Waals surface area contributed by atoms with E-state index in [9.17, 15) is 4.79 Å². The fraction of sp³-hybridized carbons (Fsp3) is 0.286. The minimum absolute atomic E-state index is 0.711. The van der Waals surface area contributed by atoms with Crippen molar-refractivity contribution in [1.82, 2.24) is 9.55 Å². The van der Waals surface area contributed by atoms with Crippen molar-refractivity contribution in [3.05, 3.63) is 47.5 Å². The third kappa shape index (κ3) is 2.28. The highest BCUT2D eigenvalue weighted by Gasteiger charge is 2.06. The summed E-state index contributed by atoms with van der Waals surface area (Å²) in [4.78, 5) is 15.1. The molecule has 1 aromatic heterocycles. The summed E-state index contributed by atoms with van der Waals surface area (Å²) in [6.07, 6.45) is 6.69. The Labute approximate surface area is 101 Å². The molecule has 0 aliphatic heterocycles. The van der Waals surface area contributed by atoms with E-state index < -0.39 is 0 Å². The zero-order valence-electron chi connectivity index (χ0n) is 10.2. The van der Waals surface area contributed by atoms with Gasteiger partial charge in [-0.05, 0) is 37.1 Å². The smallest absolute Gasteiger partial charge is 0.150 e. The van der Waals surface area contributed by atoms with Crippen molar-refractivity contribution < 1.29 is 4.79 Å². The Morgan fingerprint density at radius 1 is 1.41 bits per heavy atom. The monoisotopic (exact) mass is 228 g/mol. The summed E-state index contributed by atoms with van der Waals surface area (Å²) in [6, 6.07) is 5.71. The number of imidazole rings is 1. The van der Waals surface area contributed by atoms with Gasteiger partial charge in [-0.15, -0.1) is 0 Å². The first-order valence-corrected chi connectivity index (χ1v) is 5.84. The summed E-state index contributed by atoms with van der Waals surface area (Å²) >= 11 is 0. The van der Waals surface area contributed by atoms with E-state index in [1.807, 2.05) is 37.5 Å². The molecular formula is C14H16N2O. The predicted octanol–water partition coefficient (Wildman–Crippen LogP) is 2.95. The number of aryl methyl sites for hydroxylation is 2. The average Bonchev–Trinajstić information content (AvgIpc) is 2.77. The molecule has 0 atom stereocenters. The summed E-state index contributed by atoms with van der Waals surface area (Å²) in [6.45, 7) is 4.15. The molecule has 3 heteroatoms. The number of aldehydes is 1. The van der Waals surface area contributed by atoms with Crippen molar-refractivity contribution >= 4 is 6.29 Å². The van der Waals surface area contributed by atoms with Gasteiger partial charge in [-0.2, -0.15) is 0 Å². The molecule has 2 rings (SSSR count). The fourth-order valence-corrected chi connectivity index (χ4v) is 1.98. The molecule has 0 aliphatic rings. The van der Waals surface area contributed by atoms with Gasteiger partial charge in [0.25, 0.3) is 0 Å². The maximum atomic E-state index is 10.7. The summed E-state index contributed by atoms with van der Waals surface area (Å²) in [5.74, 6) is 1.06. The Morgan fingerprint density at radius 2 is 2.24 bits per heavy atom. The lowest BCUT2D eigenvalue weighted by atomic mass is 10.1. The van der Waals surface area contributed by atoms with Crippen LogP contribution in [-0.2, 0) is 6.42 Å². The maximum absolute atomic E-state index is 10.7. The first kappa shape index (κ1) is 11.6. The lowest BCUT2D eigenvalue weighted by Crippen LogP contribution is -2.02. The van der Waals surface area contributed by atoms with Gasteiger partial charge in [-0.3, -0.25) is 4.79 Å². The molecule has 0 spiro atoms. The Hall–Kier alpha value is -1.90. The highest BCUT2D eigenvalue weighted by molar-refractivity contribution is 5.75. The maximum Gasteiger partial charge on any atom is 0.150 e. The highest BCUT2D eigenvalue weighted by Crippen LogP contribution is 2.17. The quantitative estimate of drug-likeness (QED) is 0.754. The molecule has 0 amide bonds. The second kappa shape index (κ2) is 4.95. The number of rotatable bonds is 4. The van der Waals surface area contributed by atoms with Gasteiger partial charge in [0, 0.05) is 30.1 Å². The number of hydrogen-bond acceptors (Lipinski definition) is 2. The van der Waals surface area contributed by atoms with E-state index in [-0.39, 0.29) is 0 Å². The van der Waals surface area contributed by atoms with E-state index in [1.54, 1.807) is 0 Å². The normalized spacial score (nSPS) is 10.5. The highest BCUT2D eigenvalue weighted by atomic mass is 16.1. The summed E-state index contributed by atoms with van der Waals surface area (Å²) in [7, 11) is 0. The number of hydrogen-bond donors (Lipinski definition) is 0. The zero-order valence-corrected chi connectivity index (χ0v) is 10.2. The topological polar surface area (TPSA) is 34.9 Å². The molecule has 1 aromatic carbocycles. The minimum atomic E-state index is 0.711. The molecule has 0 saturated heterocycles. The lowest BCUT2D eigenvalue weighted by molar-refractivity contribution is 0.112. The first-order chi connectivity index (χ1) is 8.26. The number of carbonyl (C=O) groups excluding carboxylic acids is 1. The molecule has 0 aliphatic carbocycles. The lowest BCUT2D eigenvalue weighted by Gasteiger charge is -2.10. The Bertz CT molecular complexity index is 529. The van der Waals surface area contributed by atoms with Crippen LogP contribution in [0, 0.1) is 6.92 Å². The van der Waals surface area contributed by atoms with Crippen molar-refractivity contribution in [3.8, 4) is 5.69 Å². The molecule has 1 heterocycles. The van der Waals surface area contributed by atoms with Gasteiger partial charge in [-0.1, -0.05) is 6.92 Å². The van der Waals surface area contributed by atoms with Gasteiger partial charge in [0.1, 0.15) is 12.1 Å². The number of carbonyl (C=O) groups is 1. The summed E-state index contributed by atoms with van der Waals surface area (Å²) < 4.78 is 2.09. The second-order valence-corrected chi connectivity index (χ2v) is 4.13. The molecule has 0 radical (unpaired) electrons. The van der Waals surface area contributed by atoms with Crippen LogP contribution in [0.15, 0.2) is 30.6 Å². The SMILES string of the molecule is CCCc1nccn1-c1ccc(C=O)cc1C. The average molecular weight is 228 g/mol. The van der Waals surface area contributed by atoms with Crippen molar-refractivity contribution in [2.75, 3.05) is 0 Å². The Balaban J connectivity index is 2.45. The Kier molecular flexibility index (Phi) is 3.38. The van der Waals surface area contributed by atoms with Crippen molar-refractivity contribution in [3.63, 3.8) is 0 Å². The number of aromatic nitrogens is 2. The van der Waals surface area contributed by atoms with Gasteiger partial charge < -0.3 is 4.57 Å². The molecule has 2 aromatic rings. The molecule has 0 saturated carbocycles. The minimum Gasteiger partial charge on any atom is -0.304 e. The largest absolute Gasteiger partial charge is 0.304 e. The molecule has 0 N–H and O–H groups in total. The zero-order chi connectivity index (χ0) is 12.3. The fourth-order valence-electron chi connectivity index (χ4n) is 1.98. The van der Waals surface area contributed by atoms with Crippen molar-refractivity contribution in [2.45, 2.75) is 26.7 Å². The summed E-state index contributed by atoms with van der Waals surface area (Å²) in [5.41, 5.74) is 2.89. The molecule has 0 fully saturated rings. The summed E-state index contributed by atoms with van der Waals surface area (Å²) in [5, 5.41) is 0. The van der Waals surface area contributed by atoms with Crippen LogP contribution < -0.4 is 0 Å². The van der Waals surface area contributed by atoms with E-state index >= 15 is 0 Å². The van der Waals surface area contributed by atoms with Crippen molar-refractivity contribution in [1.29, 1.82) is 0 Å². The second-order valence-electron chi connectivity index (χ2n) is 4.13. The molecule has 88 valence electrons. The van der Waals surface area contributed by atoms with Crippen LogP contribution in [0.5, 0.6) is 0 Å².